The van der Waals surface area contributed by atoms with E-state index in [0.29, 0.717) is 19.3 Å². The van der Waals surface area contributed by atoms with Gasteiger partial charge in [0.05, 0.1) is 0 Å². The molecule has 0 aromatic carbocycles. The van der Waals surface area contributed by atoms with E-state index in [1.807, 2.05) is 0 Å². The van der Waals surface area contributed by atoms with Crippen LogP contribution in [-0.4, -0.2) is 21.4 Å². The summed E-state index contributed by atoms with van der Waals surface area (Å²) in [6.45, 7) is 2.41. The summed E-state index contributed by atoms with van der Waals surface area (Å²) >= 11 is 0. The lowest BCUT2D eigenvalue weighted by atomic mass is 9.42. The first-order chi connectivity index (χ1) is 9.05. The fourth-order valence-corrected chi connectivity index (χ4v) is 3.74. The van der Waals surface area contributed by atoms with Crippen LogP contribution in [0.4, 0.5) is 13.2 Å². The van der Waals surface area contributed by atoms with Crippen LogP contribution >= 0.6 is 0 Å². The number of halogens is 3. The van der Waals surface area contributed by atoms with Gasteiger partial charge >= 0.3 is 0 Å². The number of nitrogens with zero attached hydrogens (tertiary/aromatic N) is 2. The molecule has 1 heterocycles. The lowest BCUT2D eigenvalue weighted by Gasteiger charge is -2.65. The largest absolute Gasteiger partial charge is 0.364 e. The Morgan fingerprint density at radius 1 is 1.45 bits per heavy atom. The molecular formula is C13H16F3N3O. The molecule has 3 aliphatic carbocycles. The average molecular weight is 287 g/mol. The molecule has 0 radical (unpaired) electrons. The molecule has 7 heteroatoms. The van der Waals surface area contributed by atoms with E-state index < -0.39 is 23.2 Å². The number of carbonyl (C=O) groups excluding carboxylic acids is 1. The van der Waals surface area contributed by atoms with Crippen LogP contribution in [0.5, 0.6) is 0 Å². The van der Waals surface area contributed by atoms with E-state index in [9.17, 15) is 18.0 Å². The molecule has 0 atom stereocenters. The molecule has 3 aliphatic rings. The van der Waals surface area contributed by atoms with Crippen molar-refractivity contribution in [2.45, 2.75) is 51.2 Å². The Morgan fingerprint density at radius 2 is 2.00 bits per heavy atom. The monoisotopic (exact) mass is 287 g/mol. The van der Waals surface area contributed by atoms with Crippen molar-refractivity contribution in [3.63, 3.8) is 0 Å². The molecule has 1 aromatic rings. The molecular weight excluding hydrogens is 271 g/mol. The fraction of sp³-hybridized carbons (Fsp3) is 0.692. The third-order valence-corrected chi connectivity index (χ3v) is 4.40. The Kier molecular flexibility index (Phi) is 2.40. The topological polar surface area (TPSA) is 60.9 Å². The van der Waals surface area contributed by atoms with Gasteiger partial charge in [-0.25, -0.2) is 4.39 Å². The third-order valence-electron chi connectivity index (χ3n) is 4.40. The second-order valence-corrected chi connectivity index (χ2v) is 6.41. The van der Waals surface area contributed by atoms with E-state index >= 15 is 0 Å². The van der Waals surface area contributed by atoms with Crippen LogP contribution in [0, 0.1) is 12.3 Å². The van der Waals surface area contributed by atoms with Gasteiger partial charge in [0.25, 0.3) is 11.8 Å². The molecule has 0 spiro atoms. The number of alkyl halides is 3. The van der Waals surface area contributed by atoms with Crippen LogP contribution in [0.3, 0.4) is 0 Å². The van der Waals surface area contributed by atoms with Crippen LogP contribution in [0.25, 0.3) is 0 Å². The van der Waals surface area contributed by atoms with E-state index in [-0.39, 0.29) is 23.2 Å². The van der Waals surface area contributed by atoms with Gasteiger partial charge in [0, 0.05) is 19.0 Å². The standard InChI is InChI=1S/C13H16F3N3O/c1-7-8(10(17)20)19(18-9(7)11(2,14)15)6-12-3-13(16,4-12)5-12/h3-6H2,1-2H3,(H2,17,20). The summed E-state index contributed by atoms with van der Waals surface area (Å²) in [6.07, 6.45) is 1.24. The highest BCUT2D eigenvalue weighted by Gasteiger charge is 2.69. The number of hydrogen-bond acceptors (Lipinski definition) is 2. The van der Waals surface area contributed by atoms with Crippen molar-refractivity contribution >= 4 is 5.91 Å². The Bertz CT molecular complexity index is 583. The third kappa shape index (κ3) is 1.75. The van der Waals surface area contributed by atoms with Gasteiger partial charge in [-0.05, 0) is 31.6 Å². The van der Waals surface area contributed by atoms with Gasteiger partial charge in [0.1, 0.15) is 17.1 Å². The highest BCUT2D eigenvalue weighted by atomic mass is 19.3. The van der Waals surface area contributed by atoms with E-state index in [1.165, 1.54) is 11.6 Å². The van der Waals surface area contributed by atoms with Gasteiger partial charge in [0.2, 0.25) is 0 Å². The van der Waals surface area contributed by atoms with Gasteiger partial charge in [-0.3, -0.25) is 9.48 Å². The Labute approximate surface area is 114 Å². The predicted molar refractivity (Wildman–Crippen MR) is 65.2 cm³/mol. The molecule has 4 nitrogen and oxygen atoms in total. The Balaban J connectivity index is 1.96. The molecule has 0 aliphatic heterocycles. The van der Waals surface area contributed by atoms with Crippen molar-refractivity contribution in [2.75, 3.05) is 0 Å². The summed E-state index contributed by atoms with van der Waals surface area (Å²) in [7, 11) is 0. The normalized spacial score (nSPS) is 31.6. The van der Waals surface area contributed by atoms with Crippen molar-refractivity contribution in [1.29, 1.82) is 0 Å². The Hall–Kier alpha value is -1.53. The zero-order valence-corrected chi connectivity index (χ0v) is 11.3. The first-order valence-electron chi connectivity index (χ1n) is 6.50. The van der Waals surface area contributed by atoms with E-state index in [2.05, 4.69) is 5.10 Å². The second kappa shape index (κ2) is 3.56. The van der Waals surface area contributed by atoms with Crippen LogP contribution in [-0.2, 0) is 12.5 Å². The van der Waals surface area contributed by atoms with Crippen LogP contribution < -0.4 is 5.73 Å². The predicted octanol–water partition coefficient (Wildman–Crippen LogP) is 2.29. The number of rotatable bonds is 4. The molecule has 20 heavy (non-hydrogen) atoms. The Morgan fingerprint density at radius 3 is 2.40 bits per heavy atom. The quantitative estimate of drug-likeness (QED) is 0.923. The van der Waals surface area contributed by atoms with Crippen LogP contribution in [0.15, 0.2) is 0 Å². The SMILES string of the molecule is Cc1c(C(C)(F)F)nn(CC23CC(F)(C2)C3)c1C(N)=O. The number of aromatic nitrogens is 2. The maximum absolute atomic E-state index is 13.5. The first kappa shape index (κ1) is 13.5. The van der Waals surface area contributed by atoms with Crippen LogP contribution in [0.2, 0.25) is 0 Å². The summed E-state index contributed by atoms with van der Waals surface area (Å²) in [4.78, 5) is 11.5. The summed E-state index contributed by atoms with van der Waals surface area (Å²) in [6, 6.07) is 0. The molecule has 2 N–H and O–H groups in total. The van der Waals surface area contributed by atoms with E-state index in [4.69, 9.17) is 5.73 Å². The van der Waals surface area contributed by atoms with E-state index in [0.717, 1.165) is 6.92 Å². The van der Waals surface area contributed by atoms with Crippen molar-refractivity contribution < 1.29 is 18.0 Å². The molecule has 0 unspecified atom stereocenters. The maximum atomic E-state index is 13.5. The summed E-state index contributed by atoms with van der Waals surface area (Å²) in [5.41, 5.74) is 3.62. The number of hydrogen-bond donors (Lipinski definition) is 1. The lowest BCUT2D eigenvalue weighted by Crippen LogP contribution is -2.65. The molecule has 2 bridgehead atoms. The average Bonchev–Trinajstić information content (AvgIpc) is 2.50. The van der Waals surface area contributed by atoms with Crippen molar-refractivity contribution in [2.24, 2.45) is 11.1 Å². The lowest BCUT2D eigenvalue weighted by molar-refractivity contribution is -0.221. The number of amides is 1. The summed E-state index contributed by atoms with van der Waals surface area (Å²) in [5, 5.41) is 3.86. The second-order valence-electron chi connectivity index (χ2n) is 6.41. The molecule has 0 saturated heterocycles. The molecule has 1 aromatic heterocycles. The molecule has 4 rings (SSSR count). The minimum absolute atomic E-state index is 0.000779. The van der Waals surface area contributed by atoms with Crippen molar-refractivity contribution in [1.82, 2.24) is 9.78 Å². The van der Waals surface area contributed by atoms with Crippen LogP contribution in [0.1, 0.15) is 47.9 Å². The summed E-state index contributed by atoms with van der Waals surface area (Å²) in [5.74, 6) is -3.92. The smallest absolute Gasteiger partial charge is 0.289 e. The van der Waals surface area contributed by atoms with Gasteiger partial charge in [-0.2, -0.15) is 13.9 Å². The van der Waals surface area contributed by atoms with Gasteiger partial charge in [0.15, 0.2) is 0 Å². The van der Waals surface area contributed by atoms with Gasteiger partial charge < -0.3 is 5.73 Å². The molecule has 110 valence electrons. The van der Waals surface area contributed by atoms with E-state index in [1.54, 1.807) is 0 Å². The maximum Gasteiger partial charge on any atom is 0.289 e. The minimum atomic E-state index is -3.14. The van der Waals surface area contributed by atoms with Crippen molar-refractivity contribution in [3.05, 3.63) is 17.0 Å². The zero-order valence-electron chi connectivity index (χ0n) is 11.3. The molecule has 3 saturated carbocycles. The van der Waals surface area contributed by atoms with Crippen molar-refractivity contribution in [3.8, 4) is 0 Å². The fourth-order valence-electron chi connectivity index (χ4n) is 3.74. The molecule has 3 fully saturated rings. The summed E-state index contributed by atoms with van der Waals surface area (Å²) < 4.78 is 41.7. The van der Waals surface area contributed by atoms with Gasteiger partial charge in [-0.1, -0.05) is 0 Å². The minimum Gasteiger partial charge on any atom is -0.364 e. The van der Waals surface area contributed by atoms with Gasteiger partial charge in [-0.15, -0.1) is 0 Å². The highest BCUT2D eigenvalue weighted by molar-refractivity contribution is 5.92. The highest BCUT2D eigenvalue weighted by Crippen LogP contribution is 2.70. The first-order valence-corrected chi connectivity index (χ1v) is 6.50. The number of nitrogens with two attached hydrogens (primary N) is 1. The zero-order chi connectivity index (χ0) is 14.9. The molecule has 1 amide bonds. The number of carbonyl (C=O) groups is 1. The number of primary amides is 1.